The van der Waals surface area contributed by atoms with Crippen LogP contribution in [0.25, 0.3) is 0 Å². The van der Waals surface area contributed by atoms with Gasteiger partial charge in [-0.15, -0.1) is 10.2 Å². The molecule has 116 valence electrons. The van der Waals surface area contributed by atoms with Crippen molar-refractivity contribution in [3.05, 3.63) is 47.4 Å². The summed E-state index contributed by atoms with van der Waals surface area (Å²) in [5, 5.41) is 12.3. The predicted molar refractivity (Wildman–Crippen MR) is 73.8 cm³/mol. The molecule has 0 saturated heterocycles. The fourth-order valence-electron chi connectivity index (χ4n) is 1.60. The van der Waals surface area contributed by atoms with Crippen LogP contribution in [0.15, 0.2) is 28.7 Å². The van der Waals surface area contributed by atoms with E-state index in [1.165, 1.54) is 24.3 Å². The van der Waals surface area contributed by atoms with Crippen molar-refractivity contribution in [2.24, 2.45) is 0 Å². The fraction of sp³-hybridized carbons (Fsp3) is 0.286. The van der Waals surface area contributed by atoms with Crippen LogP contribution in [0.4, 0.5) is 4.39 Å². The lowest BCUT2D eigenvalue weighted by molar-refractivity contribution is -0.139. The molecule has 0 spiro atoms. The SMILES string of the molecule is CCc1nnc(CNC(=O)C(=O)NCc2ccc(F)cc2)o1. The number of hydrogen-bond acceptors (Lipinski definition) is 5. The molecule has 0 aliphatic carbocycles. The number of benzene rings is 1. The van der Waals surface area contributed by atoms with Crippen LogP contribution in [-0.2, 0) is 29.1 Å². The lowest BCUT2D eigenvalue weighted by Crippen LogP contribution is -2.39. The average Bonchev–Trinajstić information content (AvgIpc) is 2.99. The zero-order valence-electron chi connectivity index (χ0n) is 11.9. The monoisotopic (exact) mass is 306 g/mol. The van der Waals surface area contributed by atoms with E-state index in [2.05, 4.69) is 20.8 Å². The van der Waals surface area contributed by atoms with Gasteiger partial charge >= 0.3 is 11.8 Å². The number of carbonyl (C=O) groups excluding carboxylic acids is 2. The van der Waals surface area contributed by atoms with Crippen LogP contribution in [0.5, 0.6) is 0 Å². The molecule has 0 aliphatic heterocycles. The molecule has 2 aromatic rings. The maximum absolute atomic E-state index is 12.7. The molecule has 0 fully saturated rings. The Morgan fingerprint density at radius 2 is 1.64 bits per heavy atom. The normalized spacial score (nSPS) is 10.3. The standard InChI is InChI=1S/C14H15FN4O3/c1-2-11-18-19-12(22-11)8-17-14(21)13(20)16-7-9-3-5-10(15)6-4-9/h3-6H,2,7-8H2,1H3,(H,16,20)(H,17,21). The highest BCUT2D eigenvalue weighted by atomic mass is 19.1. The first-order chi connectivity index (χ1) is 10.6. The molecule has 0 radical (unpaired) electrons. The highest BCUT2D eigenvalue weighted by molar-refractivity contribution is 6.35. The highest BCUT2D eigenvalue weighted by Crippen LogP contribution is 2.02. The quantitative estimate of drug-likeness (QED) is 0.793. The molecule has 2 N–H and O–H groups in total. The van der Waals surface area contributed by atoms with E-state index in [1.54, 1.807) is 0 Å². The third-order valence-electron chi connectivity index (χ3n) is 2.78. The van der Waals surface area contributed by atoms with Crippen molar-refractivity contribution < 1.29 is 18.4 Å². The van der Waals surface area contributed by atoms with E-state index in [4.69, 9.17) is 4.42 Å². The zero-order valence-corrected chi connectivity index (χ0v) is 11.9. The van der Waals surface area contributed by atoms with Crippen LogP contribution in [0.1, 0.15) is 24.3 Å². The van der Waals surface area contributed by atoms with Crippen molar-refractivity contribution in [2.45, 2.75) is 26.4 Å². The van der Waals surface area contributed by atoms with E-state index in [-0.39, 0.29) is 24.8 Å². The number of nitrogens with zero attached hydrogens (tertiary/aromatic N) is 2. The largest absolute Gasteiger partial charge is 0.423 e. The number of carbonyl (C=O) groups is 2. The minimum absolute atomic E-state index is 0.0181. The minimum atomic E-state index is -0.807. The van der Waals surface area contributed by atoms with Gasteiger partial charge in [0.15, 0.2) is 0 Å². The number of rotatable bonds is 5. The third-order valence-corrected chi connectivity index (χ3v) is 2.78. The molecule has 0 aliphatic rings. The second kappa shape index (κ2) is 7.30. The molecule has 0 atom stereocenters. The van der Waals surface area contributed by atoms with E-state index < -0.39 is 11.8 Å². The number of nitrogens with one attached hydrogen (secondary N) is 2. The Morgan fingerprint density at radius 1 is 1.05 bits per heavy atom. The lowest BCUT2D eigenvalue weighted by atomic mass is 10.2. The zero-order chi connectivity index (χ0) is 15.9. The summed E-state index contributed by atoms with van der Waals surface area (Å²) in [6, 6.07) is 5.61. The summed E-state index contributed by atoms with van der Waals surface area (Å²) in [4.78, 5) is 23.2. The van der Waals surface area contributed by atoms with Crippen LogP contribution in [0, 0.1) is 5.82 Å². The topological polar surface area (TPSA) is 97.1 Å². The molecule has 0 bridgehead atoms. The summed E-state index contributed by atoms with van der Waals surface area (Å²) in [5.74, 6) is -1.27. The van der Waals surface area contributed by atoms with Gasteiger partial charge in [0, 0.05) is 13.0 Å². The van der Waals surface area contributed by atoms with Crippen LogP contribution in [-0.4, -0.2) is 22.0 Å². The first kappa shape index (κ1) is 15.6. The second-order valence-electron chi connectivity index (χ2n) is 4.43. The number of halogens is 1. The van der Waals surface area contributed by atoms with E-state index in [0.29, 0.717) is 17.9 Å². The summed E-state index contributed by atoms with van der Waals surface area (Å²) in [5.41, 5.74) is 0.687. The van der Waals surface area contributed by atoms with Crippen molar-refractivity contribution in [3.63, 3.8) is 0 Å². The van der Waals surface area contributed by atoms with Gasteiger partial charge in [0.25, 0.3) is 0 Å². The molecule has 1 heterocycles. The average molecular weight is 306 g/mol. The Hall–Kier alpha value is -2.77. The molecular formula is C14H15FN4O3. The summed E-state index contributed by atoms with van der Waals surface area (Å²) in [6.45, 7) is 1.97. The molecule has 1 aromatic heterocycles. The van der Waals surface area contributed by atoms with Gasteiger partial charge in [-0.1, -0.05) is 19.1 Å². The van der Waals surface area contributed by atoms with E-state index in [1.807, 2.05) is 6.92 Å². The molecule has 0 saturated carbocycles. The van der Waals surface area contributed by atoms with Crippen molar-refractivity contribution in [1.82, 2.24) is 20.8 Å². The number of amides is 2. The summed E-state index contributed by atoms with van der Waals surface area (Å²) in [6.07, 6.45) is 0.596. The molecule has 8 heteroatoms. The smallest absolute Gasteiger partial charge is 0.309 e. The number of aromatic nitrogens is 2. The maximum atomic E-state index is 12.7. The molecule has 0 unspecified atom stereocenters. The van der Waals surface area contributed by atoms with Gasteiger partial charge in [0.2, 0.25) is 11.8 Å². The Bertz CT molecular complexity index is 654. The molecule has 2 amide bonds. The Kier molecular flexibility index (Phi) is 5.18. The first-order valence-electron chi connectivity index (χ1n) is 6.70. The number of aryl methyl sites for hydroxylation is 1. The van der Waals surface area contributed by atoms with Gasteiger partial charge < -0.3 is 15.1 Å². The predicted octanol–water partition coefficient (Wildman–Crippen LogP) is 0.704. The first-order valence-corrected chi connectivity index (χ1v) is 6.70. The Balaban J connectivity index is 1.77. The van der Waals surface area contributed by atoms with Gasteiger partial charge in [-0.3, -0.25) is 9.59 Å². The van der Waals surface area contributed by atoms with Crippen LogP contribution in [0.3, 0.4) is 0 Å². The van der Waals surface area contributed by atoms with E-state index >= 15 is 0 Å². The number of hydrogen-bond donors (Lipinski definition) is 2. The molecule has 2 rings (SSSR count). The van der Waals surface area contributed by atoms with Crippen LogP contribution >= 0.6 is 0 Å². The van der Waals surface area contributed by atoms with Crippen LogP contribution in [0.2, 0.25) is 0 Å². The van der Waals surface area contributed by atoms with Crippen LogP contribution < -0.4 is 10.6 Å². The minimum Gasteiger partial charge on any atom is -0.423 e. The fourth-order valence-corrected chi connectivity index (χ4v) is 1.60. The van der Waals surface area contributed by atoms with Gasteiger partial charge in [-0.05, 0) is 17.7 Å². The summed E-state index contributed by atoms with van der Waals surface area (Å²) in [7, 11) is 0. The van der Waals surface area contributed by atoms with Crippen molar-refractivity contribution in [3.8, 4) is 0 Å². The summed E-state index contributed by atoms with van der Waals surface area (Å²) >= 11 is 0. The molecule has 7 nitrogen and oxygen atoms in total. The van der Waals surface area contributed by atoms with Gasteiger partial charge in [-0.2, -0.15) is 0 Å². The summed E-state index contributed by atoms with van der Waals surface area (Å²) < 4.78 is 17.9. The molecule has 1 aromatic carbocycles. The van der Waals surface area contributed by atoms with Crippen molar-refractivity contribution in [1.29, 1.82) is 0 Å². The van der Waals surface area contributed by atoms with Crippen molar-refractivity contribution in [2.75, 3.05) is 0 Å². The Labute approximate surface area is 125 Å². The van der Waals surface area contributed by atoms with Gasteiger partial charge in [-0.25, -0.2) is 4.39 Å². The van der Waals surface area contributed by atoms with Gasteiger partial charge in [0.05, 0.1) is 6.54 Å². The third kappa shape index (κ3) is 4.37. The maximum Gasteiger partial charge on any atom is 0.309 e. The molecule has 22 heavy (non-hydrogen) atoms. The van der Waals surface area contributed by atoms with Gasteiger partial charge in [0.1, 0.15) is 5.82 Å². The lowest BCUT2D eigenvalue weighted by Gasteiger charge is -2.05. The van der Waals surface area contributed by atoms with E-state index in [0.717, 1.165) is 0 Å². The van der Waals surface area contributed by atoms with E-state index in [9.17, 15) is 14.0 Å². The molecular weight excluding hydrogens is 291 g/mol. The highest BCUT2D eigenvalue weighted by Gasteiger charge is 2.14. The second-order valence-corrected chi connectivity index (χ2v) is 4.43. The van der Waals surface area contributed by atoms with Crippen molar-refractivity contribution >= 4 is 11.8 Å². The Morgan fingerprint density at radius 3 is 2.23 bits per heavy atom.